The van der Waals surface area contributed by atoms with Crippen molar-refractivity contribution < 1.29 is 48.0 Å². The summed E-state index contributed by atoms with van der Waals surface area (Å²) in [4.78, 5) is 58.1. The van der Waals surface area contributed by atoms with Crippen LogP contribution < -0.4 is 9.47 Å². The van der Waals surface area contributed by atoms with E-state index in [0.29, 0.717) is 35.8 Å². The lowest BCUT2D eigenvalue weighted by molar-refractivity contribution is -0.141. The molecule has 3 aromatic carbocycles. The lowest BCUT2D eigenvalue weighted by Crippen LogP contribution is -2.22. The Morgan fingerprint density at radius 2 is 1.43 bits per heavy atom. The van der Waals surface area contributed by atoms with Gasteiger partial charge in [0.1, 0.15) is 11.5 Å². The number of ether oxygens (including phenoxy) is 4. The van der Waals surface area contributed by atoms with Crippen LogP contribution in [0.2, 0.25) is 0 Å². The van der Waals surface area contributed by atoms with Gasteiger partial charge < -0.3 is 24.1 Å². The van der Waals surface area contributed by atoms with E-state index in [1.54, 1.807) is 61.5 Å². The molecule has 0 saturated heterocycles. The van der Waals surface area contributed by atoms with Gasteiger partial charge in [-0.2, -0.15) is 0 Å². The fraction of sp³-hybridized carbons (Fsp3) is 0.265. The van der Waals surface area contributed by atoms with Gasteiger partial charge in [-0.3, -0.25) is 9.59 Å². The first-order chi connectivity index (χ1) is 21.2. The van der Waals surface area contributed by atoms with Crippen LogP contribution in [0.5, 0.6) is 11.5 Å². The van der Waals surface area contributed by atoms with Crippen molar-refractivity contribution in [2.24, 2.45) is 0 Å². The molecular formula is C34H34O10. The first-order valence-electron chi connectivity index (χ1n) is 14.0. The minimum absolute atomic E-state index is 0.153. The largest absolute Gasteiger partial charge is 0.494 e. The molecule has 3 aromatic rings. The zero-order chi connectivity index (χ0) is 31.9. The van der Waals surface area contributed by atoms with Crippen LogP contribution in [0.25, 0.3) is 11.1 Å². The summed E-state index contributed by atoms with van der Waals surface area (Å²) in [7, 11) is 0. The molecule has 0 aliphatic rings. The van der Waals surface area contributed by atoms with Gasteiger partial charge in [0.2, 0.25) is 0 Å². The average molecular weight is 603 g/mol. The van der Waals surface area contributed by atoms with Crippen LogP contribution >= 0.6 is 0 Å². The average Bonchev–Trinajstić information content (AvgIpc) is 3.02. The van der Waals surface area contributed by atoms with Crippen LogP contribution in [0.3, 0.4) is 0 Å². The minimum atomic E-state index is -1.37. The summed E-state index contributed by atoms with van der Waals surface area (Å²) in [5.74, 6) is -2.01. The summed E-state index contributed by atoms with van der Waals surface area (Å²) in [6.45, 7) is 6.06. The number of rotatable bonds is 17. The highest BCUT2D eigenvalue weighted by molar-refractivity contribution is 5.92. The van der Waals surface area contributed by atoms with E-state index in [-0.39, 0.29) is 17.8 Å². The Kier molecular flexibility index (Phi) is 12.9. The maximum atomic E-state index is 12.7. The summed E-state index contributed by atoms with van der Waals surface area (Å²) in [5.41, 5.74) is 2.35. The third-order valence-corrected chi connectivity index (χ3v) is 6.26. The summed E-state index contributed by atoms with van der Waals surface area (Å²) >= 11 is 0. The molecule has 0 saturated carbocycles. The normalized spacial score (nSPS) is 11.1. The van der Waals surface area contributed by atoms with E-state index >= 15 is 0 Å². The van der Waals surface area contributed by atoms with Crippen molar-refractivity contribution in [3.8, 4) is 22.6 Å². The fourth-order valence-corrected chi connectivity index (χ4v) is 3.92. The second-order valence-corrected chi connectivity index (χ2v) is 9.88. The molecule has 0 radical (unpaired) electrons. The molecule has 0 aliphatic heterocycles. The van der Waals surface area contributed by atoms with Gasteiger partial charge in [0, 0.05) is 5.57 Å². The van der Waals surface area contributed by atoms with Gasteiger partial charge >= 0.3 is 23.9 Å². The number of aliphatic carboxylic acids is 1. The van der Waals surface area contributed by atoms with Crippen molar-refractivity contribution in [1.29, 1.82) is 0 Å². The number of benzene rings is 3. The highest BCUT2D eigenvalue weighted by atomic mass is 16.5. The molecule has 230 valence electrons. The van der Waals surface area contributed by atoms with Crippen LogP contribution in [0, 0.1) is 0 Å². The number of carbonyl (C=O) groups excluding carboxylic acids is 4. The molecule has 0 aliphatic carbocycles. The first-order valence-corrected chi connectivity index (χ1v) is 14.0. The molecule has 0 bridgehead atoms. The van der Waals surface area contributed by atoms with Crippen LogP contribution in [0.4, 0.5) is 0 Å². The Labute approximate surface area is 255 Å². The smallest absolute Gasteiger partial charge is 0.343 e. The lowest BCUT2D eigenvalue weighted by atomic mass is 10.0. The van der Waals surface area contributed by atoms with Gasteiger partial charge in [0.25, 0.3) is 0 Å². The number of carboxylic acids is 1. The van der Waals surface area contributed by atoms with Crippen molar-refractivity contribution >= 4 is 30.2 Å². The highest BCUT2D eigenvalue weighted by Crippen LogP contribution is 2.25. The number of unbranched alkanes of at least 4 members (excludes halogenated alkanes) is 3. The van der Waals surface area contributed by atoms with Crippen molar-refractivity contribution in [3.05, 3.63) is 96.1 Å². The van der Waals surface area contributed by atoms with E-state index in [1.807, 2.05) is 6.07 Å². The Morgan fingerprint density at radius 1 is 0.795 bits per heavy atom. The zero-order valence-corrected chi connectivity index (χ0v) is 24.4. The van der Waals surface area contributed by atoms with Gasteiger partial charge in [-0.25, -0.2) is 14.4 Å². The number of carbonyl (C=O) groups is 5. The molecule has 0 spiro atoms. The SMILES string of the molecule is C=C(C)C(=O)OCCCCCCOc1ccc(C(=O)Oc2cccc(-c3ccc(C(=O)OC(C=O)CC(=O)O)cc3)c2)cc1. The molecule has 3 rings (SSSR count). The van der Waals surface area contributed by atoms with Gasteiger partial charge in [-0.05, 0) is 92.3 Å². The van der Waals surface area contributed by atoms with Crippen LogP contribution in [-0.4, -0.2) is 54.6 Å². The highest BCUT2D eigenvalue weighted by Gasteiger charge is 2.18. The molecular weight excluding hydrogens is 568 g/mol. The Hall–Kier alpha value is -5.25. The summed E-state index contributed by atoms with van der Waals surface area (Å²) < 4.78 is 21.3. The van der Waals surface area contributed by atoms with Gasteiger partial charge in [0.15, 0.2) is 12.4 Å². The predicted molar refractivity (Wildman–Crippen MR) is 161 cm³/mol. The van der Waals surface area contributed by atoms with Crippen molar-refractivity contribution in [2.75, 3.05) is 13.2 Å². The topological polar surface area (TPSA) is 142 Å². The van der Waals surface area contributed by atoms with E-state index < -0.39 is 30.4 Å². The van der Waals surface area contributed by atoms with E-state index in [0.717, 1.165) is 36.8 Å². The standard InChI is InChI=1S/C34H34O10/c1-23(2)32(38)42-19-6-4-3-5-18-41-28-16-14-26(15-17-28)33(39)43-29-9-7-8-27(20-29)24-10-12-25(13-11-24)34(40)44-30(22-35)21-31(36)37/h7-17,20,22,30H,1,3-6,18-19,21H2,2H3,(H,36,37). The second-order valence-electron chi connectivity index (χ2n) is 9.88. The van der Waals surface area contributed by atoms with Crippen LogP contribution in [0.1, 0.15) is 59.7 Å². The zero-order valence-electron chi connectivity index (χ0n) is 24.4. The first kappa shape index (κ1) is 33.3. The predicted octanol–water partition coefficient (Wildman–Crippen LogP) is 5.83. The van der Waals surface area contributed by atoms with Crippen molar-refractivity contribution in [1.82, 2.24) is 0 Å². The number of carboxylic acid groups (broad SMARTS) is 1. The third-order valence-electron chi connectivity index (χ3n) is 6.26. The molecule has 10 heteroatoms. The van der Waals surface area contributed by atoms with E-state index in [9.17, 15) is 24.0 Å². The number of esters is 3. The molecule has 1 N–H and O–H groups in total. The molecule has 10 nitrogen and oxygen atoms in total. The van der Waals surface area contributed by atoms with Gasteiger partial charge in [-0.15, -0.1) is 0 Å². The fourth-order valence-electron chi connectivity index (χ4n) is 3.92. The number of aldehydes is 1. The summed E-state index contributed by atoms with van der Waals surface area (Å²) in [5, 5.41) is 8.80. The van der Waals surface area contributed by atoms with Crippen molar-refractivity contribution in [3.63, 3.8) is 0 Å². The van der Waals surface area contributed by atoms with Gasteiger partial charge in [-0.1, -0.05) is 30.8 Å². The second kappa shape index (κ2) is 17.0. The van der Waals surface area contributed by atoms with E-state index in [4.69, 9.17) is 24.1 Å². The molecule has 44 heavy (non-hydrogen) atoms. The molecule has 1 atom stereocenters. The molecule has 0 aromatic heterocycles. The van der Waals surface area contributed by atoms with Crippen LogP contribution in [-0.2, 0) is 23.9 Å². The molecule has 0 heterocycles. The quantitative estimate of drug-likeness (QED) is 0.0659. The third kappa shape index (κ3) is 10.9. The van der Waals surface area contributed by atoms with Crippen molar-refractivity contribution in [2.45, 2.75) is 45.1 Å². The Balaban J connectivity index is 1.46. The number of hydrogen-bond acceptors (Lipinski definition) is 9. The molecule has 1 unspecified atom stereocenters. The minimum Gasteiger partial charge on any atom is -0.494 e. The van der Waals surface area contributed by atoms with Gasteiger partial charge in [0.05, 0.1) is 30.8 Å². The lowest BCUT2D eigenvalue weighted by Gasteiger charge is -2.11. The number of hydrogen-bond donors (Lipinski definition) is 1. The Bertz CT molecular complexity index is 1460. The summed E-state index contributed by atoms with van der Waals surface area (Å²) in [6.07, 6.45) is 1.76. The maximum absolute atomic E-state index is 12.7. The maximum Gasteiger partial charge on any atom is 0.343 e. The van der Waals surface area contributed by atoms with E-state index in [2.05, 4.69) is 6.58 Å². The molecule has 0 amide bonds. The van der Waals surface area contributed by atoms with E-state index in [1.165, 1.54) is 12.1 Å². The molecule has 0 fully saturated rings. The van der Waals surface area contributed by atoms with Crippen LogP contribution in [0.15, 0.2) is 84.9 Å². The summed E-state index contributed by atoms with van der Waals surface area (Å²) in [6, 6.07) is 19.8. The Morgan fingerprint density at radius 3 is 2.07 bits per heavy atom. The monoisotopic (exact) mass is 602 g/mol.